The van der Waals surface area contributed by atoms with Crippen LogP contribution in [0.4, 0.5) is 10.1 Å². The lowest BCUT2D eigenvalue weighted by molar-refractivity contribution is -0.115. The number of anilines is 1. The number of nitrogens with one attached hydrogen (secondary N) is 1. The molecule has 0 atom stereocenters. The molecule has 0 fully saturated rings. The highest BCUT2D eigenvalue weighted by Crippen LogP contribution is 2.18. The van der Waals surface area contributed by atoms with E-state index in [1.807, 2.05) is 0 Å². The van der Waals surface area contributed by atoms with E-state index in [1.165, 1.54) is 42.5 Å². The third-order valence-electron chi connectivity index (χ3n) is 3.24. The molecule has 2 aromatic rings. The van der Waals surface area contributed by atoms with Crippen LogP contribution in [-0.2, 0) is 14.6 Å². The van der Waals surface area contributed by atoms with E-state index in [0.717, 1.165) is 0 Å². The van der Waals surface area contributed by atoms with Gasteiger partial charge in [-0.3, -0.25) is 4.79 Å². The minimum atomic E-state index is -3.58. The van der Waals surface area contributed by atoms with E-state index in [-0.39, 0.29) is 17.1 Å². The van der Waals surface area contributed by atoms with Crippen LogP contribution in [0, 0.1) is 12.7 Å². The Bertz CT molecular complexity index is 820. The Morgan fingerprint density at radius 2 is 1.83 bits per heavy atom. The number of sulfone groups is 1. The molecule has 23 heavy (non-hydrogen) atoms. The van der Waals surface area contributed by atoms with Gasteiger partial charge in [0.05, 0.1) is 10.6 Å². The molecule has 122 valence electrons. The molecule has 0 spiro atoms. The molecule has 0 aromatic heterocycles. The Morgan fingerprint density at radius 3 is 2.48 bits per heavy atom. The van der Waals surface area contributed by atoms with Crippen molar-refractivity contribution in [1.29, 1.82) is 0 Å². The Balaban J connectivity index is 2.01. The smallest absolute Gasteiger partial charge is 0.225 e. The third kappa shape index (κ3) is 4.77. The molecular formula is C16H15ClFNO3S. The van der Waals surface area contributed by atoms with Gasteiger partial charge >= 0.3 is 0 Å². The van der Waals surface area contributed by atoms with Crippen LogP contribution in [0.25, 0.3) is 0 Å². The summed E-state index contributed by atoms with van der Waals surface area (Å²) in [7, 11) is -3.58. The summed E-state index contributed by atoms with van der Waals surface area (Å²) in [6.07, 6.45) is -0.221. The van der Waals surface area contributed by atoms with E-state index in [2.05, 4.69) is 5.32 Å². The predicted octanol–water partition coefficient (Wildman–Crippen LogP) is 3.59. The first-order valence-corrected chi connectivity index (χ1v) is 8.85. The van der Waals surface area contributed by atoms with Crippen molar-refractivity contribution in [3.63, 3.8) is 0 Å². The maximum atomic E-state index is 13.2. The Kier molecular flexibility index (Phi) is 5.38. The van der Waals surface area contributed by atoms with Gasteiger partial charge in [0.15, 0.2) is 9.84 Å². The van der Waals surface area contributed by atoms with Crippen LogP contribution in [0.5, 0.6) is 0 Å². The zero-order valence-corrected chi connectivity index (χ0v) is 13.9. The highest BCUT2D eigenvalue weighted by Gasteiger charge is 2.17. The second-order valence-electron chi connectivity index (χ2n) is 5.03. The largest absolute Gasteiger partial charge is 0.326 e. The van der Waals surface area contributed by atoms with Crippen LogP contribution < -0.4 is 5.32 Å². The standard InChI is InChI=1S/C16H15ClFNO3S/c1-11-2-5-13(18)10-15(11)19-16(20)8-9-23(21,22)14-6-3-12(17)4-7-14/h2-7,10H,8-9H2,1H3,(H,19,20). The van der Waals surface area contributed by atoms with E-state index in [4.69, 9.17) is 11.6 Å². The summed E-state index contributed by atoms with van der Waals surface area (Å²) in [6, 6.07) is 9.76. The van der Waals surface area contributed by atoms with Gasteiger partial charge in [-0.2, -0.15) is 0 Å². The van der Waals surface area contributed by atoms with Crippen LogP contribution >= 0.6 is 11.6 Å². The van der Waals surface area contributed by atoms with E-state index in [0.29, 0.717) is 16.3 Å². The summed E-state index contributed by atoms with van der Waals surface area (Å²) in [6.45, 7) is 1.72. The van der Waals surface area contributed by atoms with Crippen molar-refractivity contribution < 1.29 is 17.6 Å². The monoisotopic (exact) mass is 355 g/mol. The molecule has 4 nitrogen and oxygen atoms in total. The van der Waals surface area contributed by atoms with Crippen molar-refractivity contribution in [2.75, 3.05) is 11.1 Å². The molecule has 0 radical (unpaired) electrons. The summed E-state index contributed by atoms with van der Waals surface area (Å²) in [5.74, 6) is -1.30. The number of halogens is 2. The van der Waals surface area contributed by atoms with Crippen LogP contribution in [-0.4, -0.2) is 20.1 Å². The number of hydrogen-bond acceptors (Lipinski definition) is 3. The maximum absolute atomic E-state index is 13.2. The quantitative estimate of drug-likeness (QED) is 0.891. The number of amides is 1. The van der Waals surface area contributed by atoms with Crippen LogP contribution in [0.1, 0.15) is 12.0 Å². The minimum Gasteiger partial charge on any atom is -0.326 e. The van der Waals surface area contributed by atoms with Crippen molar-refractivity contribution in [1.82, 2.24) is 0 Å². The average molecular weight is 356 g/mol. The van der Waals surface area contributed by atoms with E-state index in [1.54, 1.807) is 6.92 Å². The van der Waals surface area contributed by atoms with Crippen LogP contribution in [0.15, 0.2) is 47.4 Å². The molecule has 0 heterocycles. The van der Waals surface area contributed by atoms with Crippen LogP contribution in [0.3, 0.4) is 0 Å². The molecule has 0 aliphatic heterocycles. The van der Waals surface area contributed by atoms with Crippen molar-refractivity contribution in [3.8, 4) is 0 Å². The first-order valence-electron chi connectivity index (χ1n) is 6.82. The van der Waals surface area contributed by atoms with Crippen molar-refractivity contribution in [3.05, 3.63) is 58.9 Å². The number of hydrogen-bond donors (Lipinski definition) is 1. The molecule has 1 amide bonds. The Hall–Kier alpha value is -1.92. The molecule has 0 saturated carbocycles. The van der Waals surface area contributed by atoms with Gasteiger partial charge < -0.3 is 5.32 Å². The fourth-order valence-electron chi connectivity index (χ4n) is 1.93. The van der Waals surface area contributed by atoms with Gasteiger partial charge in [-0.05, 0) is 48.9 Å². The van der Waals surface area contributed by atoms with Gasteiger partial charge in [0.2, 0.25) is 5.91 Å². The topological polar surface area (TPSA) is 63.2 Å². The summed E-state index contributed by atoms with van der Waals surface area (Å²) in [5, 5.41) is 2.95. The van der Waals surface area contributed by atoms with E-state index < -0.39 is 21.6 Å². The van der Waals surface area contributed by atoms with Gasteiger partial charge in [-0.1, -0.05) is 17.7 Å². The highest BCUT2D eigenvalue weighted by atomic mass is 35.5. The van der Waals surface area contributed by atoms with Gasteiger partial charge in [0, 0.05) is 17.1 Å². The second-order valence-corrected chi connectivity index (χ2v) is 7.58. The molecular weight excluding hydrogens is 341 g/mol. The van der Waals surface area contributed by atoms with Crippen molar-refractivity contribution in [2.24, 2.45) is 0 Å². The van der Waals surface area contributed by atoms with Gasteiger partial charge in [0.25, 0.3) is 0 Å². The highest BCUT2D eigenvalue weighted by molar-refractivity contribution is 7.91. The lowest BCUT2D eigenvalue weighted by Crippen LogP contribution is -2.18. The predicted molar refractivity (Wildman–Crippen MR) is 87.9 cm³/mol. The second kappa shape index (κ2) is 7.10. The van der Waals surface area contributed by atoms with Crippen molar-refractivity contribution in [2.45, 2.75) is 18.2 Å². The first kappa shape index (κ1) is 17.4. The lowest BCUT2D eigenvalue weighted by Gasteiger charge is -2.09. The van der Waals surface area contributed by atoms with E-state index >= 15 is 0 Å². The summed E-state index contributed by atoms with van der Waals surface area (Å²) in [4.78, 5) is 12.0. The van der Waals surface area contributed by atoms with E-state index in [9.17, 15) is 17.6 Å². The number of carbonyl (C=O) groups is 1. The van der Waals surface area contributed by atoms with Crippen LogP contribution in [0.2, 0.25) is 5.02 Å². The zero-order chi connectivity index (χ0) is 17.0. The number of benzene rings is 2. The fraction of sp³-hybridized carbons (Fsp3) is 0.188. The van der Waals surface area contributed by atoms with Gasteiger partial charge in [0.1, 0.15) is 5.82 Å². The lowest BCUT2D eigenvalue weighted by atomic mass is 10.2. The molecule has 0 aliphatic rings. The molecule has 2 aromatic carbocycles. The molecule has 0 unspecified atom stereocenters. The molecule has 0 bridgehead atoms. The Labute approximate surface area is 139 Å². The number of rotatable bonds is 5. The van der Waals surface area contributed by atoms with Gasteiger partial charge in [-0.15, -0.1) is 0 Å². The average Bonchev–Trinajstić information content (AvgIpc) is 2.49. The fourth-order valence-corrected chi connectivity index (χ4v) is 3.30. The number of carbonyl (C=O) groups excluding carboxylic acids is 1. The maximum Gasteiger partial charge on any atom is 0.225 e. The number of aryl methyl sites for hydroxylation is 1. The minimum absolute atomic E-state index is 0.108. The summed E-state index contributed by atoms with van der Waals surface area (Å²) < 4.78 is 37.4. The zero-order valence-electron chi connectivity index (χ0n) is 12.3. The normalized spacial score (nSPS) is 11.3. The van der Waals surface area contributed by atoms with Crippen molar-refractivity contribution >= 4 is 33.0 Å². The summed E-state index contributed by atoms with van der Waals surface area (Å²) in [5.41, 5.74) is 1.03. The SMILES string of the molecule is Cc1ccc(F)cc1NC(=O)CCS(=O)(=O)c1ccc(Cl)cc1. The molecule has 7 heteroatoms. The van der Waals surface area contributed by atoms with Gasteiger partial charge in [-0.25, -0.2) is 12.8 Å². The molecule has 0 saturated heterocycles. The summed E-state index contributed by atoms with van der Waals surface area (Å²) >= 11 is 5.72. The Morgan fingerprint density at radius 1 is 1.17 bits per heavy atom. The third-order valence-corrected chi connectivity index (χ3v) is 5.23. The molecule has 1 N–H and O–H groups in total. The first-order chi connectivity index (χ1) is 10.8. The molecule has 0 aliphatic carbocycles. The molecule has 2 rings (SSSR count).